The van der Waals surface area contributed by atoms with Crippen molar-refractivity contribution in [1.82, 2.24) is 10.0 Å². The van der Waals surface area contributed by atoms with Crippen molar-refractivity contribution in [3.63, 3.8) is 0 Å². The van der Waals surface area contributed by atoms with E-state index in [-0.39, 0.29) is 11.3 Å². The second-order valence-corrected chi connectivity index (χ2v) is 9.16. The van der Waals surface area contributed by atoms with Gasteiger partial charge in [-0.1, -0.05) is 55.5 Å². The smallest absolute Gasteiger partial charge is 0.303 e. The number of carbonyl (C=O) groups excluding carboxylic acids is 2. The molecule has 1 atom stereocenters. The van der Waals surface area contributed by atoms with Crippen LogP contribution in [-0.2, 0) is 26.0 Å². The Morgan fingerprint density at radius 1 is 0.939 bits per heavy atom. The van der Waals surface area contributed by atoms with E-state index in [0.29, 0.717) is 17.4 Å². The van der Waals surface area contributed by atoms with Gasteiger partial charge in [0.1, 0.15) is 6.04 Å². The molecule has 3 aromatic carbocycles. The average Bonchev–Trinajstić information content (AvgIpc) is 2.81. The monoisotopic (exact) mass is 468 g/mol. The van der Waals surface area contributed by atoms with Gasteiger partial charge in [-0.2, -0.15) is 4.72 Å². The number of nitrogens with one attached hydrogen (secondary N) is 2. The first-order valence-electron chi connectivity index (χ1n) is 10.4. The molecule has 2 amide bonds. The number of benzene rings is 3. The summed E-state index contributed by atoms with van der Waals surface area (Å²) >= 11 is 0. The molecule has 3 N–H and O–H groups in total. The van der Waals surface area contributed by atoms with E-state index in [0.717, 1.165) is 10.9 Å². The summed E-state index contributed by atoms with van der Waals surface area (Å²) in [4.78, 5) is 36.4. The number of sulfonamides is 1. The van der Waals surface area contributed by atoms with Gasteiger partial charge in [0.25, 0.3) is 5.91 Å². The number of hydrogen-bond acceptors (Lipinski definition) is 5. The maximum Gasteiger partial charge on any atom is 0.303 e. The average molecular weight is 469 g/mol. The summed E-state index contributed by atoms with van der Waals surface area (Å²) < 4.78 is 28.2. The minimum Gasteiger partial charge on any atom is -0.481 e. The van der Waals surface area contributed by atoms with Gasteiger partial charge in [-0.05, 0) is 47.4 Å². The van der Waals surface area contributed by atoms with Crippen LogP contribution in [-0.4, -0.2) is 37.3 Å². The Kier molecular flexibility index (Phi) is 7.57. The number of imide groups is 1. The molecule has 0 bridgehead atoms. The zero-order valence-electron chi connectivity index (χ0n) is 17.9. The van der Waals surface area contributed by atoms with Crippen molar-refractivity contribution in [2.45, 2.75) is 37.1 Å². The fraction of sp³-hybridized carbons (Fsp3) is 0.208. The predicted molar refractivity (Wildman–Crippen MR) is 123 cm³/mol. The Morgan fingerprint density at radius 2 is 1.61 bits per heavy atom. The molecule has 3 aromatic rings. The number of rotatable bonds is 9. The topological polar surface area (TPSA) is 130 Å². The first kappa shape index (κ1) is 24.1. The van der Waals surface area contributed by atoms with E-state index in [2.05, 4.69) is 10.0 Å². The van der Waals surface area contributed by atoms with Crippen LogP contribution in [0.5, 0.6) is 0 Å². The second-order valence-electron chi connectivity index (χ2n) is 7.44. The summed E-state index contributed by atoms with van der Waals surface area (Å²) in [5.74, 6) is -2.79. The van der Waals surface area contributed by atoms with Gasteiger partial charge in [0.15, 0.2) is 0 Å². The molecule has 0 heterocycles. The van der Waals surface area contributed by atoms with Gasteiger partial charge < -0.3 is 5.11 Å². The van der Waals surface area contributed by atoms with Crippen molar-refractivity contribution in [2.75, 3.05) is 0 Å². The number of hydrogen-bond donors (Lipinski definition) is 3. The minimum absolute atomic E-state index is 0.0722. The third kappa shape index (κ3) is 6.03. The minimum atomic E-state index is -4.17. The summed E-state index contributed by atoms with van der Waals surface area (Å²) in [7, 11) is -4.17. The zero-order chi connectivity index (χ0) is 24.0. The molecule has 0 aliphatic rings. The lowest BCUT2D eigenvalue weighted by atomic mass is 10.0. The van der Waals surface area contributed by atoms with Gasteiger partial charge in [-0.3, -0.25) is 19.7 Å². The van der Waals surface area contributed by atoms with Gasteiger partial charge >= 0.3 is 5.97 Å². The van der Waals surface area contributed by atoms with Gasteiger partial charge in [-0.25, -0.2) is 8.42 Å². The van der Waals surface area contributed by atoms with Gasteiger partial charge in [0.2, 0.25) is 15.9 Å². The van der Waals surface area contributed by atoms with Crippen LogP contribution in [0, 0.1) is 0 Å². The van der Waals surface area contributed by atoms with Crippen molar-refractivity contribution < 1.29 is 27.9 Å². The largest absolute Gasteiger partial charge is 0.481 e. The summed E-state index contributed by atoms with van der Waals surface area (Å²) in [6, 6.07) is 17.0. The van der Waals surface area contributed by atoms with Crippen molar-refractivity contribution in [2.24, 2.45) is 0 Å². The molecule has 9 heteroatoms. The first-order valence-corrected chi connectivity index (χ1v) is 11.9. The highest BCUT2D eigenvalue weighted by Gasteiger charge is 2.28. The lowest BCUT2D eigenvalue weighted by Crippen LogP contribution is -2.48. The van der Waals surface area contributed by atoms with Crippen LogP contribution in [0.2, 0.25) is 0 Å². The molecule has 0 fully saturated rings. The highest BCUT2D eigenvalue weighted by Crippen LogP contribution is 2.19. The molecule has 8 nitrogen and oxygen atoms in total. The van der Waals surface area contributed by atoms with Crippen molar-refractivity contribution in [3.05, 3.63) is 77.9 Å². The van der Waals surface area contributed by atoms with E-state index in [1.807, 2.05) is 19.1 Å². The molecule has 33 heavy (non-hydrogen) atoms. The van der Waals surface area contributed by atoms with Crippen LogP contribution in [0.25, 0.3) is 10.8 Å². The number of aliphatic carboxylic acids is 1. The number of aryl methyl sites for hydroxylation is 1. The van der Waals surface area contributed by atoms with Crippen LogP contribution in [0.3, 0.4) is 0 Å². The quantitative estimate of drug-likeness (QED) is 0.443. The summed E-state index contributed by atoms with van der Waals surface area (Å²) in [6.45, 7) is 1.86. The second kappa shape index (κ2) is 10.4. The van der Waals surface area contributed by atoms with Gasteiger partial charge in [-0.15, -0.1) is 0 Å². The molecule has 0 saturated heterocycles. The molecule has 0 spiro atoms. The normalized spacial score (nSPS) is 12.3. The highest BCUT2D eigenvalue weighted by atomic mass is 32.2. The van der Waals surface area contributed by atoms with Crippen LogP contribution in [0.15, 0.2) is 71.6 Å². The molecule has 172 valence electrons. The summed E-state index contributed by atoms with van der Waals surface area (Å²) in [5.41, 5.74) is 1.02. The molecule has 0 aliphatic carbocycles. The SMILES string of the molecule is CCc1ccccc1C(=O)NC(=O)[C@@H](CCC(=O)O)NS(=O)(=O)c1ccc2ccccc2c1. The number of carbonyl (C=O) groups is 3. The Hall–Kier alpha value is -3.56. The lowest BCUT2D eigenvalue weighted by molar-refractivity contribution is -0.137. The summed E-state index contributed by atoms with van der Waals surface area (Å²) in [6.07, 6.45) is -0.219. The Balaban J connectivity index is 1.84. The molecule has 3 rings (SSSR count). The maximum absolute atomic E-state index is 13.0. The highest BCUT2D eigenvalue weighted by molar-refractivity contribution is 7.89. The lowest BCUT2D eigenvalue weighted by Gasteiger charge is -2.18. The van der Waals surface area contributed by atoms with E-state index >= 15 is 0 Å². The number of carboxylic acids is 1. The standard InChI is InChI=1S/C24H24N2O6S/c1-2-16-7-5-6-10-20(16)23(29)25-24(30)21(13-14-22(27)28)26-33(31,32)19-12-11-17-8-3-4-9-18(17)15-19/h3-12,15,21,26H,2,13-14H2,1H3,(H,27,28)(H,25,29,30)/t21-/m1/s1. The Labute approximate surface area is 191 Å². The molecule has 0 radical (unpaired) electrons. The third-order valence-corrected chi connectivity index (χ3v) is 6.64. The Morgan fingerprint density at radius 3 is 2.30 bits per heavy atom. The molecule has 0 unspecified atom stereocenters. The third-order valence-electron chi connectivity index (χ3n) is 5.17. The first-order chi connectivity index (χ1) is 15.7. The number of amides is 2. The zero-order valence-corrected chi connectivity index (χ0v) is 18.8. The van der Waals surface area contributed by atoms with Crippen molar-refractivity contribution in [1.29, 1.82) is 0 Å². The fourth-order valence-corrected chi connectivity index (χ4v) is 4.68. The number of fused-ring (bicyclic) bond motifs is 1. The van der Waals surface area contributed by atoms with E-state index in [4.69, 9.17) is 5.11 Å². The summed E-state index contributed by atoms with van der Waals surface area (Å²) in [5, 5.41) is 12.8. The van der Waals surface area contributed by atoms with E-state index in [1.165, 1.54) is 12.1 Å². The molecule has 0 aliphatic heterocycles. The van der Waals surface area contributed by atoms with Crippen LogP contribution >= 0.6 is 0 Å². The Bertz CT molecular complexity index is 1300. The molecular formula is C24H24N2O6S. The molecular weight excluding hydrogens is 444 g/mol. The van der Waals surface area contributed by atoms with E-state index < -0.39 is 40.3 Å². The van der Waals surface area contributed by atoms with Crippen LogP contribution in [0.1, 0.15) is 35.7 Å². The van der Waals surface area contributed by atoms with Gasteiger partial charge in [0.05, 0.1) is 4.90 Å². The number of carboxylic acid groups (broad SMARTS) is 1. The van der Waals surface area contributed by atoms with Gasteiger partial charge in [0, 0.05) is 12.0 Å². The van der Waals surface area contributed by atoms with Crippen molar-refractivity contribution >= 4 is 38.6 Å². The maximum atomic E-state index is 13.0. The van der Waals surface area contributed by atoms with Crippen molar-refractivity contribution in [3.8, 4) is 0 Å². The van der Waals surface area contributed by atoms with E-state index in [1.54, 1.807) is 42.5 Å². The van der Waals surface area contributed by atoms with Crippen LogP contribution < -0.4 is 10.0 Å². The van der Waals surface area contributed by atoms with E-state index in [9.17, 15) is 22.8 Å². The molecule has 0 saturated carbocycles. The molecule has 0 aromatic heterocycles. The predicted octanol–water partition coefficient (Wildman–Crippen LogP) is 2.87. The van der Waals surface area contributed by atoms with Crippen LogP contribution in [0.4, 0.5) is 0 Å². The fourth-order valence-electron chi connectivity index (χ4n) is 3.42.